The van der Waals surface area contributed by atoms with Crippen LogP contribution < -0.4 is 20.1 Å². The third kappa shape index (κ3) is 3.89. The Morgan fingerprint density at radius 1 is 1.25 bits per heavy atom. The number of benzene rings is 1. The standard InChI is InChI=1S/C24H25FN4O3/c1-14-10-19(28-20(11-14)32-24(2,3)13-26)29-12-16-15(23(29)30)8-9-27-22(16)21-17(25)6-5-7-18(21)31-4/h5-11H,12-13,26H2,1-4H3. The van der Waals surface area contributed by atoms with Crippen molar-refractivity contribution in [2.75, 3.05) is 18.6 Å². The van der Waals surface area contributed by atoms with Crippen molar-refractivity contribution in [3.63, 3.8) is 0 Å². The maximum absolute atomic E-state index is 14.7. The highest BCUT2D eigenvalue weighted by atomic mass is 19.1. The molecule has 0 bridgehead atoms. The Balaban J connectivity index is 1.76. The second-order valence-electron chi connectivity index (χ2n) is 8.30. The van der Waals surface area contributed by atoms with E-state index in [0.717, 1.165) is 5.56 Å². The van der Waals surface area contributed by atoms with Crippen LogP contribution >= 0.6 is 0 Å². The molecule has 1 amide bonds. The Labute approximate surface area is 186 Å². The van der Waals surface area contributed by atoms with Crippen LogP contribution in [0.1, 0.15) is 35.3 Å². The number of halogens is 1. The molecule has 1 aromatic carbocycles. The average molecular weight is 436 g/mol. The van der Waals surface area contributed by atoms with Gasteiger partial charge in [-0.2, -0.15) is 4.98 Å². The van der Waals surface area contributed by atoms with Crippen LogP contribution in [0.5, 0.6) is 11.6 Å². The zero-order valence-corrected chi connectivity index (χ0v) is 18.5. The van der Waals surface area contributed by atoms with E-state index in [1.807, 2.05) is 26.8 Å². The molecule has 0 saturated heterocycles. The summed E-state index contributed by atoms with van der Waals surface area (Å²) in [5.74, 6) is 0.476. The van der Waals surface area contributed by atoms with Crippen molar-refractivity contribution in [2.45, 2.75) is 32.9 Å². The van der Waals surface area contributed by atoms with Gasteiger partial charge in [0.25, 0.3) is 5.91 Å². The smallest absolute Gasteiger partial charge is 0.260 e. The van der Waals surface area contributed by atoms with E-state index in [1.54, 1.807) is 29.2 Å². The summed E-state index contributed by atoms with van der Waals surface area (Å²) in [4.78, 5) is 23.7. The summed E-state index contributed by atoms with van der Waals surface area (Å²) < 4.78 is 26.0. The van der Waals surface area contributed by atoms with E-state index >= 15 is 0 Å². The number of amides is 1. The third-order valence-corrected chi connectivity index (χ3v) is 5.36. The molecule has 8 heteroatoms. The highest BCUT2D eigenvalue weighted by molar-refractivity contribution is 6.10. The number of aryl methyl sites for hydroxylation is 1. The fourth-order valence-corrected chi connectivity index (χ4v) is 3.67. The van der Waals surface area contributed by atoms with Gasteiger partial charge in [0.1, 0.15) is 23.0 Å². The molecule has 3 heterocycles. The number of nitrogens with zero attached hydrogens (tertiary/aromatic N) is 3. The first-order chi connectivity index (χ1) is 15.2. The number of hydrogen-bond donors (Lipinski definition) is 1. The second-order valence-corrected chi connectivity index (χ2v) is 8.30. The van der Waals surface area contributed by atoms with Crippen molar-refractivity contribution >= 4 is 11.7 Å². The minimum Gasteiger partial charge on any atom is -0.496 e. The van der Waals surface area contributed by atoms with E-state index in [9.17, 15) is 9.18 Å². The summed E-state index contributed by atoms with van der Waals surface area (Å²) in [6.07, 6.45) is 1.50. The van der Waals surface area contributed by atoms with Gasteiger partial charge >= 0.3 is 0 Å². The first-order valence-corrected chi connectivity index (χ1v) is 10.2. The van der Waals surface area contributed by atoms with Gasteiger partial charge in [-0.25, -0.2) is 4.39 Å². The molecule has 0 unspecified atom stereocenters. The molecule has 2 aromatic heterocycles. The highest BCUT2D eigenvalue weighted by Crippen LogP contribution is 2.38. The molecule has 1 aliphatic rings. The lowest BCUT2D eigenvalue weighted by Crippen LogP contribution is -2.37. The van der Waals surface area contributed by atoms with Crippen LogP contribution in [0.4, 0.5) is 10.2 Å². The molecule has 0 aliphatic carbocycles. The second kappa shape index (κ2) is 8.20. The fourth-order valence-electron chi connectivity index (χ4n) is 3.67. The van der Waals surface area contributed by atoms with Crippen molar-refractivity contribution < 1.29 is 18.7 Å². The number of hydrogen-bond acceptors (Lipinski definition) is 6. The predicted molar refractivity (Wildman–Crippen MR) is 119 cm³/mol. The van der Waals surface area contributed by atoms with Crippen LogP contribution in [0.2, 0.25) is 0 Å². The van der Waals surface area contributed by atoms with E-state index in [2.05, 4.69) is 9.97 Å². The van der Waals surface area contributed by atoms with E-state index in [0.29, 0.717) is 40.8 Å². The van der Waals surface area contributed by atoms with Gasteiger partial charge in [0.05, 0.1) is 24.9 Å². The zero-order chi connectivity index (χ0) is 23.0. The van der Waals surface area contributed by atoms with Crippen LogP contribution in [0, 0.1) is 12.7 Å². The lowest BCUT2D eigenvalue weighted by molar-refractivity contribution is 0.0995. The molecule has 0 saturated carbocycles. The van der Waals surface area contributed by atoms with Crippen molar-refractivity contribution in [2.24, 2.45) is 5.73 Å². The molecule has 1 aliphatic heterocycles. The summed E-state index contributed by atoms with van der Waals surface area (Å²) in [7, 11) is 1.47. The van der Waals surface area contributed by atoms with Crippen molar-refractivity contribution in [3.05, 3.63) is 65.1 Å². The van der Waals surface area contributed by atoms with Gasteiger partial charge < -0.3 is 15.2 Å². The molecule has 0 atom stereocenters. The first-order valence-electron chi connectivity index (χ1n) is 10.2. The minimum atomic E-state index is -0.603. The Bertz CT molecular complexity index is 1200. The number of carbonyl (C=O) groups excluding carboxylic acids is 1. The van der Waals surface area contributed by atoms with Gasteiger partial charge in [-0.15, -0.1) is 0 Å². The number of aromatic nitrogens is 2. The number of nitrogens with two attached hydrogens (primary N) is 1. The number of anilines is 1. The fraction of sp³-hybridized carbons (Fsp3) is 0.292. The summed E-state index contributed by atoms with van der Waals surface area (Å²) >= 11 is 0. The summed E-state index contributed by atoms with van der Waals surface area (Å²) in [5, 5.41) is 0. The molecule has 4 rings (SSSR count). The molecule has 32 heavy (non-hydrogen) atoms. The summed E-state index contributed by atoms with van der Waals surface area (Å²) in [6, 6.07) is 9.82. The van der Waals surface area contributed by atoms with Gasteiger partial charge in [0, 0.05) is 29.9 Å². The van der Waals surface area contributed by atoms with Crippen molar-refractivity contribution in [1.82, 2.24) is 9.97 Å². The van der Waals surface area contributed by atoms with Crippen LogP contribution in [0.25, 0.3) is 11.3 Å². The lowest BCUT2D eigenvalue weighted by atomic mass is 10.0. The van der Waals surface area contributed by atoms with Gasteiger partial charge in [-0.1, -0.05) is 6.07 Å². The predicted octanol–water partition coefficient (Wildman–Crippen LogP) is 3.88. The molecule has 0 fully saturated rings. The van der Waals surface area contributed by atoms with Gasteiger partial charge in [-0.3, -0.25) is 14.7 Å². The van der Waals surface area contributed by atoms with Gasteiger partial charge in [0.2, 0.25) is 5.88 Å². The Kier molecular flexibility index (Phi) is 5.56. The largest absolute Gasteiger partial charge is 0.496 e. The molecule has 0 spiro atoms. The monoisotopic (exact) mass is 436 g/mol. The Hall–Kier alpha value is -3.52. The maximum Gasteiger partial charge on any atom is 0.260 e. The van der Waals surface area contributed by atoms with Crippen molar-refractivity contribution in [1.29, 1.82) is 0 Å². The highest BCUT2D eigenvalue weighted by Gasteiger charge is 2.34. The molecule has 0 radical (unpaired) electrons. The number of fused-ring (bicyclic) bond motifs is 1. The maximum atomic E-state index is 14.7. The number of rotatable bonds is 6. The Morgan fingerprint density at radius 3 is 2.75 bits per heavy atom. The number of pyridine rings is 2. The average Bonchev–Trinajstić information content (AvgIpc) is 3.10. The zero-order valence-electron chi connectivity index (χ0n) is 18.5. The Morgan fingerprint density at radius 2 is 2.03 bits per heavy atom. The summed E-state index contributed by atoms with van der Waals surface area (Å²) in [6.45, 7) is 6.15. The van der Waals surface area contributed by atoms with Gasteiger partial charge in [-0.05, 0) is 50.6 Å². The van der Waals surface area contributed by atoms with E-state index in [1.165, 1.54) is 19.4 Å². The van der Waals surface area contributed by atoms with Crippen LogP contribution in [-0.4, -0.2) is 35.1 Å². The third-order valence-electron chi connectivity index (χ3n) is 5.36. The van der Waals surface area contributed by atoms with Gasteiger partial charge in [0.15, 0.2) is 0 Å². The normalized spacial score (nSPS) is 13.3. The number of ether oxygens (including phenoxy) is 2. The quantitative estimate of drug-likeness (QED) is 0.631. The molecule has 2 N–H and O–H groups in total. The molecule has 166 valence electrons. The number of methoxy groups -OCH3 is 1. The first kappa shape index (κ1) is 21.7. The molecule has 3 aromatic rings. The molecule has 7 nitrogen and oxygen atoms in total. The van der Waals surface area contributed by atoms with Crippen LogP contribution in [0.15, 0.2) is 42.6 Å². The summed E-state index contributed by atoms with van der Waals surface area (Å²) in [5.41, 5.74) is 7.73. The van der Waals surface area contributed by atoms with E-state index in [4.69, 9.17) is 15.2 Å². The van der Waals surface area contributed by atoms with E-state index < -0.39 is 11.4 Å². The SMILES string of the molecule is COc1cccc(F)c1-c1nccc2c1CN(c1cc(C)cc(OC(C)(C)CN)n1)C2=O. The molecular weight excluding hydrogens is 411 g/mol. The topological polar surface area (TPSA) is 90.6 Å². The lowest BCUT2D eigenvalue weighted by Gasteiger charge is -2.25. The van der Waals surface area contributed by atoms with Crippen LogP contribution in [-0.2, 0) is 6.54 Å². The number of carbonyl (C=O) groups is 1. The minimum absolute atomic E-state index is 0.199. The van der Waals surface area contributed by atoms with E-state index in [-0.39, 0.29) is 18.0 Å². The van der Waals surface area contributed by atoms with Crippen LogP contribution in [0.3, 0.4) is 0 Å². The van der Waals surface area contributed by atoms with Crippen molar-refractivity contribution in [3.8, 4) is 22.9 Å². The molecular formula is C24H25FN4O3.